The molecule has 0 aliphatic heterocycles. The highest BCUT2D eigenvalue weighted by molar-refractivity contribution is 6.30. The van der Waals surface area contributed by atoms with Crippen molar-refractivity contribution in [1.82, 2.24) is 20.4 Å². The van der Waals surface area contributed by atoms with Gasteiger partial charge in [0.05, 0.1) is 19.4 Å². The second kappa shape index (κ2) is 10.1. The number of nitrogens with zero attached hydrogens (tertiary/aromatic N) is 3. The van der Waals surface area contributed by atoms with Crippen molar-refractivity contribution < 1.29 is 13.6 Å². The van der Waals surface area contributed by atoms with Gasteiger partial charge < -0.3 is 14.2 Å². The lowest BCUT2D eigenvalue weighted by Gasteiger charge is -2.19. The molecule has 0 aliphatic rings. The third-order valence-corrected chi connectivity index (χ3v) is 4.32. The van der Waals surface area contributed by atoms with Crippen molar-refractivity contribution in [3.8, 4) is 11.7 Å². The Hall–Kier alpha value is -2.64. The number of carbonyl (C=O) groups excluding carboxylic acids is 1. The lowest BCUT2D eigenvalue weighted by Crippen LogP contribution is -2.38. The minimum Gasteiger partial charge on any atom is -0.459 e. The van der Waals surface area contributed by atoms with Crippen LogP contribution >= 0.6 is 11.6 Å². The fourth-order valence-corrected chi connectivity index (χ4v) is 3.05. The molecule has 28 heavy (non-hydrogen) atoms. The summed E-state index contributed by atoms with van der Waals surface area (Å²) in [5.41, 5.74) is 1.09. The second-order valence-electron chi connectivity index (χ2n) is 6.42. The van der Waals surface area contributed by atoms with Gasteiger partial charge in [0.15, 0.2) is 5.76 Å². The quantitative estimate of drug-likeness (QED) is 0.558. The van der Waals surface area contributed by atoms with Crippen LogP contribution in [-0.4, -0.2) is 40.6 Å². The van der Waals surface area contributed by atoms with Crippen LogP contribution in [0.3, 0.4) is 0 Å². The topological polar surface area (TPSA) is 84.4 Å². The fourth-order valence-electron chi connectivity index (χ4n) is 2.84. The molecule has 8 heteroatoms. The normalized spacial score (nSPS) is 11.1. The highest BCUT2D eigenvalue weighted by atomic mass is 35.5. The fraction of sp³-hybridized carbons (Fsp3) is 0.350. The van der Waals surface area contributed by atoms with Crippen molar-refractivity contribution >= 4 is 17.5 Å². The van der Waals surface area contributed by atoms with E-state index in [0.717, 1.165) is 24.9 Å². The van der Waals surface area contributed by atoms with Gasteiger partial charge in [-0.3, -0.25) is 9.69 Å². The van der Waals surface area contributed by atoms with Crippen LogP contribution in [0.2, 0.25) is 5.02 Å². The van der Waals surface area contributed by atoms with Crippen LogP contribution in [0, 0.1) is 0 Å². The van der Waals surface area contributed by atoms with E-state index < -0.39 is 0 Å². The van der Waals surface area contributed by atoms with Gasteiger partial charge in [-0.1, -0.05) is 30.7 Å². The molecule has 1 aromatic carbocycles. The molecular weight excluding hydrogens is 380 g/mol. The molecular formula is C20H23ClN4O3. The standard InChI is InChI=1S/C20H23ClN4O3/c1-2-10-25(14-19-23-24-20(28-19)17-7-4-11-27-17)13-18(26)22-9-8-15-5-3-6-16(21)12-15/h3-7,11-12H,2,8-10,13-14H2,1H3,(H,22,26). The molecule has 0 saturated heterocycles. The van der Waals surface area contributed by atoms with Crippen molar-refractivity contribution in [3.63, 3.8) is 0 Å². The van der Waals surface area contributed by atoms with Crippen LogP contribution in [0.5, 0.6) is 0 Å². The zero-order valence-electron chi connectivity index (χ0n) is 15.7. The van der Waals surface area contributed by atoms with Gasteiger partial charge >= 0.3 is 0 Å². The first-order chi connectivity index (χ1) is 13.6. The van der Waals surface area contributed by atoms with E-state index in [9.17, 15) is 4.79 Å². The maximum absolute atomic E-state index is 12.3. The van der Waals surface area contributed by atoms with Crippen molar-refractivity contribution in [3.05, 3.63) is 59.1 Å². The summed E-state index contributed by atoms with van der Waals surface area (Å²) >= 11 is 5.98. The molecule has 3 rings (SSSR count). The first-order valence-electron chi connectivity index (χ1n) is 9.24. The van der Waals surface area contributed by atoms with Crippen LogP contribution in [-0.2, 0) is 17.8 Å². The molecule has 0 bridgehead atoms. The number of amides is 1. The number of hydrogen-bond acceptors (Lipinski definition) is 6. The zero-order chi connectivity index (χ0) is 19.8. The molecule has 2 heterocycles. The molecule has 1 amide bonds. The molecule has 148 valence electrons. The van der Waals surface area contributed by atoms with E-state index in [1.165, 1.54) is 0 Å². The summed E-state index contributed by atoms with van der Waals surface area (Å²) in [5, 5.41) is 11.7. The largest absolute Gasteiger partial charge is 0.459 e. The van der Waals surface area contributed by atoms with E-state index in [1.807, 2.05) is 29.2 Å². The second-order valence-corrected chi connectivity index (χ2v) is 6.86. The number of furan rings is 1. The number of rotatable bonds is 10. The van der Waals surface area contributed by atoms with Gasteiger partial charge in [0.2, 0.25) is 11.8 Å². The lowest BCUT2D eigenvalue weighted by atomic mass is 10.1. The minimum atomic E-state index is -0.0405. The van der Waals surface area contributed by atoms with E-state index in [0.29, 0.717) is 35.7 Å². The van der Waals surface area contributed by atoms with Crippen LogP contribution in [0.1, 0.15) is 24.8 Å². The molecule has 0 fully saturated rings. The number of halogens is 1. The molecule has 0 unspecified atom stereocenters. The first-order valence-corrected chi connectivity index (χ1v) is 9.61. The molecule has 7 nitrogen and oxygen atoms in total. The van der Waals surface area contributed by atoms with Crippen molar-refractivity contribution in [2.24, 2.45) is 0 Å². The first kappa shape index (κ1) is 20.1. The van der Waals surface area contributed by atoms with Crippen LogP contribution in [0.25, 0.3) is 11.7 Å². The maximum atomic E-state index is 12.3. The Morgan fingerprint density at radius 1 is 1.25 bits per heavy atom. The summed E-state index contributed by atoms with van der Waals surface area (Å²) in [6, 6.07) is 11.2. The summed E-state index contributed by atoms with van der Waals surface area (Å²) in [6.45, 7) is 4.04. The van der Waals surface area contributed by atoms with E-state index in [4.69, 9.17) is 20.4 Å². The maximum Gasteiger partial charge on any atom is 0.283 e. The number of carbonyl (C=O) groups is 1. The summed E-state index contributed by atoms with van der Waals surface area (Å²) in [5.74, 6) is 1.27. The molecule has 0 atom stereocenters. The summed E-state index contributed by atoms with van der Waals surface area (Å²) in [6.07, 6.45) is 3.20. The summed E-state index contributed by atoms with van der Waals surface area (Å²) < 4.78 is 10.9. The Labute approximate surface area is 168 Å². The third-order valence-electron chi connectivity index (χ3n) is 4.09. The van der Waals surface area contributed by atoms with Crippen LogP contribution < -0.4 is 5.32 Å². The van der Waals surface area contributed by atoms with Gasteiger partial charge in [0.25, 0.3) is 5.89 Å². The number of benzene rings is 1. The summed E-state index contributed by atoms with van der Waals surface area (Å²) in [4.78, 5) is 14.3. The minimum absolute atomic E-state index is 0.0405. The predicted octanol–water partition coefficient (Wildman–Crippen LogP) is 3.55. The van der Waals surface area contributed by atoms with E-state index >= 15 is 0 Å². The Morgan fingerprint density at radius 3 is 2.89 bits per heavy atom. The number of hydrogen-bond donors (Lipinski definition) is 1. The van der Waals surface area contributed by atoms with Crippen molar-refractivity contribution in [2.45, 2.75) is 26.3 Å². The molecule has 1 N–H and O–H groups in total. The van der Waals surface area contributed by atoms with Crippen molar-refractivity contribution in [2.75, 3.05) is 19.6 Å². The number of nitrogens with one attached hydrogen (secondary N) is 1. The van der Waals surface area contributed by atoms with Gasteiger partial charge in [-0.05, 0) is 49.2 Å². The van der Waals surface area contributed by atoms with E-state index in [-0.39, 0.29) is 12.5 Å². The van der Waals surface area contributed by atoms with E-state index in [2.05, 4.69) is 22.4 Å². The Balaban J connectivity index is 1.49. The van der Waals surface area contributed by atoms with Crippen LogP contribution in [0.4, 0.5) is 0 Å². The SMILES string of the molecule is CCCN(CC(=O)NCCc1cccc(Cl)c1)Cc1nnc(-c2ccco2)o1. The zero-order valence-corrected chi connectivity index (χ0v) is 16.5. The molecule has 3 aromatic rings. The molecule has 0 spiro atoms. The highest BCUT2D eigenvalue weighted by Gasteiger charge is 2.16. The lowest BCUT2D eigenvalue weighted by molar-refractivity contribution is -0.122. The smallest absolute Gasteiger partial charge is 0.283 e. The Morgan fingerprint density at radius 2 is 2.14 bits per heavy atom. The van der Waals surface area contributed by atoms with Gasteiger partial charge in [-0.15, -0.1) is 10.2 Å². The molecule has 0 radical (unpaired) electrons. The average Bonchev–Trinajstić information content (AvgIpc) is 3.33. The van der Waals surface area contributed by atoms with Crippen LogP contribution in [0.15, 0.2) is 51.5 Å². The van der Waals surface area contributed by atoms with Gasteiger partial charge in [-0.2, -0.15) is 0 Å². The predicted molar refractivity (Wildman–Crippen MR) is 106 cm³/mol. The van der Waals surface area contributed by atoms with Gasteiger partial charge in [-0.25, -0.2) is 0 Å². The Kier molecular flexibility index (Phi) is 7.22. The van der Waals surface area contributed by atoms with Crippen molar-refractivity contribution in [1.29, 1.82) is 0 Å². The monoisotopic (exact) mass is 402 g/mol. The van der Waals surface area contributed by atoms with Gasteiger partial charge in [0, 0.05) is 11.6 Å². The van der Waals surface area contributed by atoms with E-state index in [1.54, 1.807) is 18.4 Å². The Bertz CT molecular complexity index is 879. The third kappa shape index (κ3) is 5.94. The molecule has 0 saturated carbocycles. The number of aromatic nitrogens is 2. The highest BCUT2D eigenvalue weighted by Crippen LogP contribution is 2.18. The average molecular weight is 403 g/mol. The molecule has 0 aliphatic carbocycles. The molecule has 2 aromatic heterocycles. The summed E-state index contributed by atoms with van der Waals surface area (Å²) in [7, 11) is 0. The van der Waals surface area contributed by atoms with Gasteiger partial charge in [0.1, 0.15) is 0 Å².